The Bertz CT molecular complexity index is 598. The van der Waals surface area contributed by atoms with Gasteiger partial charge in [0.05, 0.1) is 23.4 Å². The van der Waals surface area contributed by atoms with Gasteiger partial charge in [-0.3, -0.25) is 4.79 Å². The lowest BCUT2D eigenvalue weighted by Gasteiger charge is -2.24. The van der Waals surface area contributed by atoms with Gasteiger partial charge in [-0.1, -0.05) is 0 Å². The first-order valence-corrected chi connectivity index (χ1v) is 7.93. The van der Waals surface area contributed by atoms with Gasteiger partial charge < -0.3 is 10.3 Å². The van der Waals surface area contributed by atoms with Gasteiger partial charge in [0.25, 0.3) is 5.56 Å². The van der Waals surface area contributed by atoms with Crippen molar-refractivity contribution in [2.24, 2.45) is 0 Å². The minimum absolute atomic E-state index is 0.0740. The predicted octanol–water partition coefficient (Wildman–Crippen LogP) is 0.364. The summed E-state index contributed by atoms with van der Waals surface area (Å²) in [4.78, 5) is 17.9. The van der Waals surface area contributed by atoms with E-state index in [1.807, 2.05) is 29.5 Å². The summed E-state index contributed by atoms with van der Waals surface area (Å²) in [6, 6.07) is 0. The van der Waals surface area contributed by atoms with Crippen molar-refractivity contribution in [2.75, 3.05) is 16.8 Å². The molecule has 8 heteroatoms. The molecule has 1 aromatic rings. The molecule has 1 aliphatic heterocycles. The summed E-state index contributed by atoms with van der Waals surface area (Å²) in [5, 5.41) is 3.06. The maximum atomic E-state index is 11.5. The van der Waals surface area contributed by atoms with Crippen molar-refractivity contribution in [2.45, 2.75) is 18.9 Å². The fourth-order valence-corrected chi connectivity index (χ4v) is 4.39. The number of H-pyrrole nitrogens is 1. The van der Waals surface area contributed by atoms with Gasteiger partial charge in [-0.05, 0) is 35.9 Å². The molecule has 1 unspecified atom stereocenters. The molecule has 0 aliphatic carbocycles. The highest BCUT2D eigenvalue weighted by Crippen LogP contribution is 2.27. The van der Waals surface area contributed by atoms with Gasteiger partial charge in [0.15, 0.2) is 9.84 Å². The number of nitrogens with one attached hydrogen (secondary N) is 2. The highest BCUT2D eigenvalue weighted by molar-refractivity contribution is 14.1. The summed E-state index contributed by atoms with van der Waals surface area (Å²) < 4.78 is 23.4. The van der Waals surface area contributed by atoms with Crippen LogP contribution < -0.4 is 10.9 Å². The summed E-state index contributed by atoms with van der Waals surface area (Å²) in [6.07, 6.45) is 1.83. The van der Waals surface area contributed by atoms with E-state index in [9.17, 15) is 13.2 Å². The lowest BCUT2D eigenvalue weighted by molar-refractivity contribution is 0.571. The van der Waals surface area contributed by atoms with Gasteiger partial charge in [0.2, 0.25) is 0 Å². The van der Waals surface area contributed by atoms with E-state index in [0.717, 1.165) is 0 Å². The summed E-state index contributed by atoms with van der Waals surface area (Å²) in [5.74, 6) is 0.690. The van der Waals surface area contributed by atoms with Crippen LogP contribution in [0.1, 0.15) is 13.3 Å². The van der Waals surface area contributed by atoms with E-state index >= 15 is 0 Å². The van der Waals surface area contributed by atoms with Crippen LogP contribution in [-0.4, -0.2) is 35.4 Å². The van der Waals surface area contributed by atoms with Gasteiger partial charge in [-0.15, -0.1) is 0 Å². The largest absolute Gasteiger partial charge is 0.363 e. The van der Waals surface area contributed by atoms with E-state index in [2.05, 4.69) is 15.3 Å². The second-order valence-electron chi connectivity index (χ2n) is 4.42. The van der Waals surface area contributed by atoms with Crippen LogP contribution in [0.4, 0.5) is 5.82 Å². The van der Waals surface area contributed by atoms with Gasteiger partial charge in [0.1, 0.15) is 9.39 Å². The van der Waals surface area contributed by atoms with Crippen molar-refractivity contribution in [3.63, 3.8) is 0 Å². The van der Waals surface area contributed by atoms with E-state index in [-0.39, 0.29) is 17.1 Å². The summed E-state index contributed by atoms with van der Waals surface area (Å²) >= 11 is 1.89. The zero-order valence-corrected chi connectivity index (χ0v) is 12.1. The summed E-state index contributed by atoms with van der Waals surface area (Å²) in [7, 11) is -2.98. The quantitative estimate of drug-likeness (QED) is 0.735. The number of hydrogen-bond acceptors (Lipinski definition) is 5. The van der Waals surface area contributed by atoms with Crippen LogP contribution in [0.2, 0.25) is 0 Å². The van der Waals surface area contributed by atoms with Gasteiger partial charge >= 0.3 is 0 Å². The smallest absolute Gasteiger partial charge is 0.266 e. The molecule has 94 valence electrons. The van der Waals surface area contributed by atoms with Gasteiger partial charge in [-0.2, -0.15) is 0 Å². The predicted molar refractivity (Wildman–Crippen MR) is 72.9 cm³/mol. The second-order valence-corrected chi connectivity index (χ2v) is 7.68. The first-order chi connectivity index (χ1) is 7.81. The van der Waals surface area contributed by atoms with E-state index in [1.165, 1.54) is 6.33 Å². The van der Waals surface area contributed by atoms with Gasteiger partial charge in [0, 0.05) is 0 Å². The van der Waals surface area contributed by atoms with Crippen molar-refractivity contribution < 1.29 is 8.42 Å². The molecule has 0 spiro atoms. The molecular weight excluding hydrogens is 357 g/mol. The van der Waals surface area contributed by atoms with Gasteiger partial charge in [-0.25, -0.2) is 13.4 Å². The first kappa shape index (κ1) is 12.8. The Morgan fingerprint density at radius 1 is 1.59 bits per heavy atom. The molecule has 2 heterocycles. The molecule has 1 saturated heterocycles. The first-order valence-electron chi connectivity index (χ1n) is 5.03. The Kier molecular flexibility index (Phi) is 3.19. The molecule has 0 aromatic carbocycles. The monoisotopic (exact) mass is 369 g/mol. The maximum absolute atomic E-state index is 11.5. The fraction of sp³-hybridized carbons (Fsp3) is 0.556. The molecule has 1 aromatic heterocycles. The molecule has 0 radical (unpaired) electrons. The minimum atomic E-state index is -2.98. The van der Waals surface area contributed by atoms with Crippen molar-refractivity contribution in [3.05, 3.63) is 20.3 Å². The summed E-state index contributed by atoms with van der Waals surface area (Å²) in [6.45, 7) is 1.83. The highest BCUT2D eigenvalue weighted by Gasteiger charge is 2.38. The molecule has 1 atom stereocenters. The number of nitrogens with zero attached hydrogens (tertiary/aromatic N) is 1. The zero-order chi connectivity index (χ0) is 12.7. The minimum Gasteiger partial charge on any atom is -0.363 e. The second kappa shape index (κ2) is 4.23. The Labute approximate surface area is 112 Å². The average Bonchev–Trinajstić information content (AvgIpc) is 2.49. The third-order valence-corrected chi connectivity index (χ3v) is 5.62. The number of aromatic amines is 1. The Balaban J connectivity index is 2.28. The number of anilines is 1. The number of rotatable bonds is 2. The number of hydrogen-bond donors (Lipinski definition) is 2. The number of halogens is 1. The van der Waals surface area contributed by atoms with Crippen LogP contribution in [0.15, 0.2) is 11.1 Å². The van der Waals surface area contributed by atoms with E-state index in [4.69, 9.17) is 0 Å². The third kappa shape index (κ3) is 2.79. The molecule has 6 nitrogen and oxygen atoms in total. The molecular formula is C9H12IN3O3S. The number of sulfone groups is 1. The van der Waals surface area contributed by atoms with Crippen LogP contribution in [0.25, 0.3) is 0 Å². The van der Waals surface area contributed by atoms with Crippen LogP contribution >= 0.6 is 22.6 Å². The third-order valence-electron chi connectivity index (χ3n) is 2.72. The standard InChI is InChI=1S/C9H12IN3O3S/c1-9(2-3-17(15,16)4-9)13-7-6(10)8(14)12-5-11-7/h5H,2-4H2,1H3,(H2,11,12,13,14). The molecule has 1 aliphatic rings. The van der Waals surface area contributed by atoms with Crippen molar-refractivity contribution >= 4 is 38.2 Å². The molecule has 0 saturated carbocycles. The molecule has 0 bridgehead atoms. The highest BCUT2D eigenvalue weighted by atomic mass is 127. The lowest BCUT2D eigenvalue weighted by atomic mass is 10.0. The fourth-order valence-electron chi connectivity index (χ4n) is 1.87. The van der Waals surface area contributed by atoms with Crippen LogP contribution in [-0.2, 0) is 9.84 Å². The van der Waals surface area contributed by atoms with Crippen LogP contribution in [0, 0.1) is 3.57 Å². The van der Waals surface area contributed by atoms with E-state index in [1.54, 1.807) is 0 Å². The van der Waals surface area contributed by atoms with E-state index < -0.39 is 15.4 Å². The molecule has 17 heavy (non-hydrogen) atoms. The Morgan fingerprint density at radius 3 is 2.88 bits per heavy atom. The Morgan fingerprint density at radius 2 is 2.29 bits per heavy atom. The molecule has 1 fully saturated rings. The molecule has 0 amide bonds. The maximum Gasteiger partial charge on any atom is 0.266 e. The average molecular weight is 369 g/mol. The lowest BCUT2D eigenvalue weighted by Crippen LogP contribution is -2.37. The normalized spacial score (nSPS) is 26.9. The van der Waals surface area contributed by atoms with Crippen molar-refractivity contribution in [3.8, 4) is 0 Å². The zero-order valence-electron chi connectivity index (χ0n) is 9.16. The van der Waals surface area contributed by atoms with Crippen molar-refractivity contribution in [1.82, 2.24) is 9.97 Å². The Hall–Kier alpha value is -0.640. The number of aromatic nitrogens is 2. The molecule has 2 rings (SSSR count). The van der Waals surface area contributed by atoms with Crippen LogP contribution in [0.5, 0.6) is 0 Å². The topological polar surface area (TPSA) is 91.9 Å². The van der Waals surface area contributed by atoms with Crippen LogP contribution in [0.3, 0.4) is 0 Å². The van der Waals surface area contributed by atoms with E-state index in [0.29, 0.717) is 15.8 Å². The molecule has 2 N–H and O–H groups in total. The SMILES string of the molecule is CC1(Nc2nc[nH]c(=O)c2I)CCS(=O)(=O)C1. The summed E-state index contributed by atoms with van der Waals surface area (Å²) in [5.41, 5.74) is -0.771. The van der Waals surface area contributed by atoms with Crippen molar-refractivity contribution in [1.29, 1.82) is 0 Å².